The maximum Gasteiger partial charge on any atom is 0.148 e. The van der Waals surface area contributed by atoms with Crippen molar-refractivity contribution >= 4 is 11.6 Å². The minimum Gasteiger partial charge on any atom is -0.370 e. The Hall–Kier alpha value is -1.40. The van der Waals surface area contributed by atoms with Crippen LogP contribution in [-0.2, 0) is 6.42 Å². The van der Waals surface area contributed by atoms with Gasteiger partial charge in [-0.05, 0) is 32.5 Å². The van der Waals surface area contributed by atoms with Crippen molar-refractivity contribution in [3.8, 4) is 0 Å². The van der Waals surface area contributed by atoms with E-state index < -0.39 is 0 Å². The molecule has 0 spiro atoms. The van der Waals surface area contributed by atoms with Gasteiger partial charge in [0.05, 0.1) is 0 Å². The second kappa shape index (κ2) is 8.66. The van der Waals surface area contributed by atoms with E-state index in [-0.39, 0.29) is 0 Å². The topological polar surface area (TPSA) is 79.1 Å². The Morgan fingerprint density at radius 3 is 2.42 bits per heavy atom. The largest absolute Gasteiger partial charge is 0.370 e. The Bertz CT molecular complexity index is 364. The Labute approximate surface area is 115 Å². The third-order valence-electron chi connectivity index (χ3n) is 3.27. The lowest BCUT2D eigenvalue weighted by Crippen LogP contribution is -2.25. The molecule has 6 heteroatoms. The average molecular weight is 266 g/mol. The molecule has 4 N–H and O–H groups in total. The van der Waals surface area contributed by atoms with E-state index in [1.54, 1.807) is 0 Å². The highest BCUT2D eigenvalue weighted by Gasteiger charge is 2.08. The molecule has 0 bridgehead atoms. The zero-order chi connectivity index (χ0) is 14.1. The summed E-state index contributed by atoms with van der Waals surface area (Å²) in [6.07, 6.45) is 3.47. The molecule has 0 radical (unpaired) electrons. The van der Waals surface area contributed by atoms with E-state index >= 15 is 0 Å². The van der Waals surface area contributed by atoms with Gasteiger partial charge in [0, 0.05) is 12.1 Å². The van der Waals surface area contributed by atoms with Crippen molar-refractivity contribution in [3.05, 3.63) is 11.9 Å². The Morgan fingerprint density at radius 1 is 1.16 bits per heavy atom. The van der Waals surface area contributed by atoms with Gasteiger partial charge in [0.1, 0.15) is 18.0 Å². The monoisotopic (exact) mass is 266 g/mol. The van der Waals surface area contributed by atoms with Gasteiger partial charge in [-0.1, -0.05) is 20.8 Å². The molecule has 0 aliphatic rings. The van der Waals surface area contributed by atoms with E-state index in [0.717, 1.165) is 50.4 Å². The number of aromatic nitrogens is 2. The molecule has 108 valence electrons. The zero-order valence-corrected chi connectivity index (χ0v) is 12.2. The molecule has 0 unspecified atom stereocenters. The van der Waals surface area contributed by atoms with Gasteiger partial charge in [0.15, 0.2) is 0 Å². The van der Waals surface area contributed by atoms with Gasteiger partial charge in [-0.15, -0.1) is 0 Å². The highest BCUT2D eigenvalue weighted by molar-refractivity contribution is 5.56. The first-order valence-corrected chi connectivity index (χ1v) is 7.03. The summed E-state index contributed by atoms with van der Waals surface area (Å²) in [5.41, 5.74) is 3.65. The SMILES string of the molecule is CCc1c(NN)ncnc1NCCCN(CC)CC. The standard InChI is InChI=1S/C13H26N6/c1-4-11-12(16-10-17-13(11)18-14)15-8-7-9-19(5-2)6-3/h10H,4-9,14H2,1-3H3,(H2,15,16,17,18). The molecule has 19 heavy (non-hydrogen) atoms. The molecule has 0 aliphatic heterocycles. The van der Waals surface area contributed by atoms with Gasteiger partial charge in [0.25, 0.3) is 0 Å². The molecule has 1 heterocycles. The number of hydrogen-bond acceptors (Lipinski definition) is 6. The summed E-state index contributed by atoms with van der Waals surface area (Å²) in [5, 5.41) is 3.37. The number of nitrogens with one attached hydrogen (secondary N) is 2. The van der Waals surface area contributed by atoms with Crippen molar-refractivity contribution in [2.75, 3.05) is 36.9 Å². The van der Waals surface area contributed by atoms with Crippen molar-refractivity contribution in [2.45, 2.75) is 33.6 Å². The van der Waals surface area contributed by atoms with Crippen LogP contribution in [0.4, 0.5) is 11.6 Å². The van der Waals surface area contributed by atoms with E-state index in [2.05, 4.69) is 46.4 Å². The summed E-state index contributed by atoms with van der Waals surface area (Å²) < 4.78 is 0. The van der Waals surface area contributed by atoms with Crippen LogP contribution in [-0.4, -0.2) is 41.0 Å². The summed E-state index contributed by atoms with van der Waals surface area (Å²) in [6.45, 7) is 10.7. The van der Waals surface area contributed by atoms with E-state index in [1.165, 1.54) is 6.33 Å². The van der Waals surface area contributed by atoms with Crippen molar-refractivity contribution in [2.24, 2.45) is 5.84 Å². The molecule has 0 fully saturated rings. The third-order valence-corrected chi connectivity index (χ3v) is 3.27. The first kappa shape index (κ1) is 15.7. The molecule has 0 saturated heterocycles. The second-order valence-electron chi connectivity index (χ2n) is 4.35. The lowest BCUT2D eigenvalue weighted by atomic mass is 10.2. The van der Waals surface area contributed by atoms with Gasteiger partial charge >= 0.3 is 0 Å². The molecular weight excluding hydrogens is 240 g/mol. The summed E-state index contributed by atoms with van der Waals surface area (Å²) in [6, 6.07) is 0. The van der Waals surface area contributed by atoms with Gasteiger partial charge in [-0.2, -0.15) is 0 Å². The minimum absolute atomic E-state index is 0.698. The number of nitrogen functional groups attached to an aromatic ring is 1. The highest BCUT2D eigenvalue weighted by atomic mass is 15.3. The Kier molecular flexibility index (Phi) is 7.14. The molecule has 1 aromatic rings. The zero-order valence-electron chi connectivity index (χ0n) is 12.2. The molecule has 1 aromatic heterocycles. The quantitative estimate of drug-likeness (QED) is 0.357. The predicted molar refractivity (Wildman–Crippen MR) is 80.1 cm³/mol. The molecule has 6 nitrogen and oxygen atoms in total. The second-order valence-corrected chi connectivity index (χ2v) is 4.35. The fourth-order valence-corrected chi connectivity index (χ4v) is 2.07. The lowest BCUT2D eigenvalue weighted by molar-refractivity contribution is 0.303. The molecule has 0 aliphatic carbocycles. The number of rotatable bonds is 9. The van der Waals surface area contributed by atoms with E-state index in [1.807, 2.05) is 0 Å². The minimum atomic E-state index is 0.698. The first-order valence-electron chi connectivity index (χ1n) is 7.03. The molecule has 0 amide bonds. The summed E-state index contributed by atoms with van der Waals surface area (Å²) in [5.74, 6) is 7.03. The number of anilines is 2. The van der Waals surface area contributed by atoms with Crippen LogP contribution in [0.1, 0.15) is 32.8 Å². The van der Waals surface area contributed by atoms with Crippen LogP contribution in [0, 0.1) is 0 Å². The fourth-order valence-electron chi connectivity index (χ4n) is 2.07. The maximum atomic E-state index is 5.45. The van der Waals surface area contributed by atoms with E-state index in [0.29, 0.717) is 5.82 Å². The van der Waals surface area contributed by atoms with Gasteiger partial charge in [0.2, 0.25) is 0 Å². The average Bonchev–Trinajstić information content (AvgIpc) is 2.46. The van der Waals surface area contributed by atoms with Crippen molar-refractivity contribution in [1.82, 2.24) is 14.9 Å². The Morgan fingerprint density at radius 2 is 1.84 bits per heavy atom. The highest BCUT2D eigenvalue weighted by Crippen LogP contribution is 2.19. The molecule has 0 atom stereocenters. The van der Waals surface area contributed by atoms with Crippen LogP contribution in [0.15, 0.2) is 6.33 Å². The van der Waals surface area contributed by atoms with Crippen molar-refractivity contribution < 1.29 is 0 Å². The fraction of sp³-hybridized carbons (Fsp3) is 0.692. The smallest absolute Gasteiger partial charge is 0.148 e. The summed E-state index contributed by atoms with van der Waals surface area (Å²) in [7, 11) is 0. The van der Waals surface area contributed by atoms with Crippen molar-refractivity contribution in [3.63, 3.8) is 0 Å². The molecular formula is C13H26N6. The summed E-state index contributed by atoms with van der Waals surface area (Å²) >= 11 is 0. The van der Waals surface area contributed by atoms with Gasteiger partial charge in [-0.3, -0.25) is 0 Å². The maximum absolute atomic E-state index is 5.45. The van der Waals surface area contributed by atoms with Gasteiger partial charge < -0.3 is 15.6 Å². The van der Waals surface area contributed by atoms with E-state index in [9.17, 15) is 0 Å². The summed E-state index contributed by atoms with van der Waals surface area (Å²) in [4.78, 5) is 10.8. The van der Waals surface area contributed by atoms with Crippen LogP contribution in [0.5, 0.6) is 0 Å². The van der Waals surface area contributed by atoms with Crippen LogP contribution >= 0.6 is 0 Å². The van der Waals surface area contributed by atoms with E-state index in [4.69, 9.17) is 5.84 Å². The van der Waals surface area contributed by atoms with Crippen LogP contribution in [0.2, 0.25) is 0 Å². The van der Waals surface area contributed by atoms with Crippen LogP contribution < -0.4 is 16.6 Å². The van der Waals surface area contributed by atoms with Crippen LogP contribution in [0.25, 0.3) is 0 Å². The number of hydrogen-bond donors (Lipinski definition) is 3. The Balaban J connectivity index is 2.49. The normalized spacial score (nSPS) is 10.8. The third kappa shape index (κ3) is 4.65. The molecule has 0 aromatic carbocycles. The first-order chi connectivity index (χ1) is 9.26. The number of nitrogens with zero attached hydrogens (tertiary/aromatic N) is 3. The molecule has 0 saturated carbocycles. The lowest BCUT2D eigenvalue weighted by Gasteiger charge is -2.18. The number of nitrogens with two attached hydrogens (primary N) is 1. The van der Waals surface area contributed by atoms with Crippen molar-refractivity contribution in [1.29, 1.82) is 0 Å². The van der Waals surface area contributed by atoms with Gasteiger partial charge in [-0.25, -0.2) is 15.8 Å². The predicted octanol–water partition coefficient (Wildman–Crippen LogP) is 1.47. The number of hydrazine groups is 1. The molecule has 1 rings (SSSR count). The van der Waals surface area contributed by atoms with Crippen LogP contribution in [0.3, 0.4) is 0 Å².